The fourth-order valence-corrected chi connectivity index (χ4v) is 1.04. The van der Waals surface area contributed by atoms with Gasteiger partial charge in [-0.3, -0.25) is 0 Å². The lowest BCUT2D eigenvalue weighted by molar-refractivity contribution is 0.305. The van der Waals surface area contributed by atoms with Crippen LogP contribution in [0.3, 0.4) is 0 Å². The summed E-state index contributed by atoms with van der Waals surface area (Å²) in [7, 11) is 0. The minimum absolute atomic E-state index is 0.323. The minimum atomic E-state index is 0.323. The van der Waals surface area contributed by atoms with Gasteiger partial charge in [-0.1, -0.05) is 13.8 Å². The lowest BCUT2D eigenvalue weighted by atomic mass is 10.3. The Kier molecular flexibility index (Phi) is 4.70. The molecule has 0 saturated heterocycles. The highest BCUT2D eigenvalue weighted by Crippen LogP contribution is 2.08. The average Bonchev–Trinajstić information content (AvgIpc) is 1.88. The molecule has 0 spiro atoms. The molecule has 0 bridgehead atoms. The molecular weight excluding hydrogens is 140 g/mol. The predicted octanol–water partition coefficient (Wildman–Crippen LogP) is 1.77. The van der Waals surface area contributed by atoms with Gasteiger partial charge in [0.05, 0.1) is 5.70 Å². The number of allylic oxidation sites excluding steroid dienone is 2. The van der Waals surface area contributed by atoms with Crippen molar-refractivity contribution in [3.8, 4) is 0 Å². The van der Waals surface area contributed by atoms with Crippen LogP contribution in [0.4, 0.5) is 0 Å². The standard InChI is InChI=1S/C8H18N2O/c1-4-6-10(9)8(5-2)7(3)11/h11H,4-6,9H2,1-3H3. The van der Waals surface area contributed by atoms with E-state index >= 15 is 0 Å². The van der Waals surface area contributed by atoms with E-state index < -0.39 is 0 Å². The number of hydrazine groups is 1. The molecule has 0 aliphatic carbocycles. The van der Waals surface area contributed by atoms with E-state index in [-0.39, 0.29) is 0 Å². The molecule has 0 aliphatic heterocycles. The van der Waals surface area contributed by atoms with Gasteiger partial charge in [-0.05, 0) is 19.8 Å². The Morgan fingerprint density at radius 3 is 2.27 bits per heavy atom. The maximum Gasteiger partial charge on any atom is 0.110 e. The summed E-state index contributed by atoms with van der Waals surface area (Å²) in [5.41, 5.74) is 0.826. The van der Waals surface area contributed by atoms with Crippen molar-refractivity contribution in [3.63, 3.8) is 0 Å². The number of aliphatic hydroxyl groups excluding tert-OH is 1. The molecule has 0 amide bonds. The Hall–Kier alpha value is -0.700. The van der Waals surface area contributed by atoms with E-state index in [9.17, 15) is 0 Å². The van der Waals surface area contributed by atoms with E-state index in [1.807, 2.05) is 6.92 Å². The molecule has 0 heterocycles. The van der Waals surface area contributed by atoms with Gasteiger partial charge in [0.15, 0.2) is 0 Å². The van der Waals surface area contributed by atoms with Crippen molar-refractivity contribution in [2.24, 2.45) is 5.84 Å². The normalized spacial score (nSPS) is 12.7. The quantitative estimate of drug-likeness (QED) is 0.372. The van der Waals surface area contributed by atoms with Crippen molar-refractivity contribution in [1.29, 1.82) is 0 Å². The van der Waals surface area contributed by atoms with Crippen LogP contribution in [0, 0.1) is 0 Å². The predicted molar refractivity (Wildman–Crippen MR) is 46.8 cm³/mol. The van der Waals surface area contributed by atoms with Crippen molar-refractivity contribution in [1.82, 2.24) is 5.01 Å². The first-order valence-electron chi connectivity index (χ1n) is 4.04. The highest BCUT2D eigenvalue weighted by Gasteiger charge is 2.04. The third-order valence-electron chi connectivity index (χ3n) is 1.56. The second kappa shape index (κ2) is 5.02. The van der Waals surface area contributed by atoms with Crippen LogP contribution < -0.4 is 5.84 Å². The van der Waals surface area contributed by atoms with E-state index in [0.29, 0.717) is 5.76 Å². The fourth-order valence-electron chi connectivity index (χ4n) is 1.04. The van der Waals surface area contributed by atoms with Crippen LogP contribution in [0.15, 0.2) is 11.5 Å². The Labute approximate surface area is 68.5 Å². The molecule has 0 saturated carbocycles. The zero-order valence-electron chi connectivity index (χ0n) is 7.59. The summed E-state index contributed by atoms with van der Waals surface area (Å²) in [6.45, 7) is 6.49. The smallest absolute Gasteiger partial charge is 0.110 e. The second-order valence-electron chi connectivity index (χ2n) is 2.58. The first-order valence-corrected chi connectivity index (χ1v) is 4.04. The van der Waals surface area contributed by atoms with E-state index in [2.05, 4.69) is 6.92 Å². The zero-order valence-corrected chi connectivity index (χ0v) is 7.59. The summed E-state index contributed by atoms with van der Waals surface area (Å²) in [6, 6.07) is 0. The van der Waals surface area contributed by atoms with Crippen molar-refractivity contribution >= 4 is 0 Å². The van der Waals surface area contributed by atoms with Gasteiger partial charge in [0.1, 0.15) is 5.76 Å². The van der Waals surface area contributed by atoms with Gasteiger partial charge >= 0.3 is 0 Å². The van der Waals surface area contributed by atoms with E-state index in [0.717, 1.165) is 25.1 Å². The number of hydrogen-bond acceptors (Lipinski definition) is 3. The topological polar surface area (TPSA) is 49.5 Å². The molecular formula is C8H18N2O. The molecule has 66 valence electrons. The number of nitrogens with two attached hydrogens (primary N) is 1. The molecule has 3 nitrogen and oxygen atoms in total. The van der Waals surface area contributed by atoms with Crippen LogP contribution in [-0.2, 0) is 0 Å². The number of aliphatic hydroxyl groups is 1. The SMILES string of the molecule is CCCN(N)C(CC)=C(C)O. The largest absolute Gasteiger partial charge is 0.511 e. The van der Waals surface area contributed by atoms with Crippen molar-refractivity contribution < 1.29 is 5.11 Å². The van der Waals surface area contributed by atoms with Crippen molar-refractivity contribution in [3.05, 3.63) is 11.5 Å². The van der Waals surface area contributed by atoms with E-state index in [1.165, 1.54) is 0 Å². The minimum Gasteiger partial charge on any atom is -0.511 e. The summed E-state index contributed by atoms with van der Waals surface area (Å²) in [5.74, 6) is 5.98. The first-order chi connectivity index (χ1) is 5.13. The van der Waals surface area contributed by atoms with Crippen LogP contribution in [0.2, 0.25) is 0 Å². The molecule has 11 heavy (non-hydrogen) atoms. The maximum atomic E-state index is 9.17. The van der Waals surface area contributed by atoms with Gasteiger partial charge in [-0.2, -0.15) is 0 Å². The van der Waals surface area contributed by atoms with Gasteiger partial charge in [0, 0.05) is 6.54 Å². The maximum absolute atomic E-state index is 9.17. The summed E-state index contributed by atoms with van der Waals surface area (Å²) in [4.78, 5) is 0. The molecule has 0 radical (unpaired) electrons. The molecule has 3 heteroatoms. The van der Waals surface area contributed by atoms with Gasteiger partial charge in [-0.25, -0.2) is 5.84 Å². The third-order valence-corrected chi connectivity index (χ3v) is 1.56. The van der Waals surface area contributed by atoms with Gasteiger partial charge in [-0.15, -0.1) is 0 Å². The number of hydrogen-bond donors (Lipinski definition) is 2. The summed E-state index contributed by atoms with van der Waals surface area (Å²) >= 11 is 0. The number of rotatable bonds is 4. The highest BCUT2D eigenvalue weighted by atomic mass is 16.3. The Balaban J connectivity index is 4.15. The Morgan fingerprint density at radius 2 is 2.00 bits per heavy atom. The van der Waals surface area contributed by atoms with Gasteiger partial charge in [0.25, 0.3) is 0 Å². The summed E-state index contributed by atoms with van der Waals surface area (Å²) < 4.78 is 0. The molecule has 0 atom stereocenters. The Bertz CT molecular complexity index is 139. The van der Waals surface area contributed by atoms with E-state index in [1.54, 1.807) is 11.9 Å². The molecule has 0 fully saturated rings. The van der Waals surface area contributed by atoms with Gasteiger partial charge in [0.2, 0.25) is 0 Å². The van der Waals surface area contributed by atoms with Crippen LogP contribution in [0.25, 0.3) is 0 Å². The molecule has 3 N–H and O–H groups in total. The van der Waals surface area contributed by atoms with Crippen LogP contribution in [0.5, 0.6) is 0 Å². The summed E-state index contributed by atoms with van der Waals surface area (Å²) in [6.07, 6.45) is 1.77. The monoisotopic (exact) mass is 158 g/mol. The van der Waals surface area contributed by atoms with Crippen molar-refractivity contribution in [2.45, 2.75) is 33.6 Å². The molecule has 0 rings (SSSR count). The Morgan fingerprint density at radius 1 is 1.45 bits per heavy atom. The molecule has 0 aromatic rings. The zero-order chi connectivity index (χ0) is 8.85. The van der Waals surface area contributed by atoms with Crippen LogP contribution in [-0.4, -0.2) is 16.7 Å². The summed E-state index contributed by atoms with van der Waals surface area (Å²) in [5, 5.41) is 10.8. The average molecular weight is 158 g/mol. The fraction of sp³-hybridized carbons (Fsp3) is 0.750. The second-order valence-corrected chi connectivity index (χ2v) is 2.58. The molecule has 0 unspecified atom stereocenters. The van der Waals surface area contributed by atoms with E-state index in [4.69, 9.17) is 10.9 Å². The van der Waals surface area contributed by atoms with Crippen molar-refractivity contribution in [2.75, 3.05) is 6.54 Å². The van der Waals surface area contributed by atoms with Crippen LogP contribution >= 0.6 is 0 Å². The highest BCUT2D eigenvalue weighted by molar-refractivity contribution is 5.02. The molecule has 0 aliphatic rings. The van der Waals surface area contributed by atoms with Gasteiger partial charge < -0.3 is 10.1 Å². The first kappa shape index (κ1) is 10.3. The molecule has 0 aromatic carbocycles. The molecule has 0 aromatic heterocycles. The lowest BCUT2D eigenvalue weighted by Crippen LogP contribution is -2.31. The third kappa shape index (κ3) is 3.28. The lowest BCUT2D eigenvalue weighted by Gasteiger charge is -2.20. The number of nitrogens with zero attached hydrogens (tertiary/aromatic N) is 1. The van der Waals surface area contributed by atoms with Crippen LogP contribution in [0.1, 0.15) is 33.6 Å².